The highest BCUT2D eigenvalue weighted by atomic mass is 32.1. The van der Waals surface area contributed by atoms with Crippen LogP contribution in [0, 0.1) is 6.92 Å². The van der Waals surface area contributed by atoms with Gasteiger partial charge in [-0.05, 0) is 34.1 Å². The summed E-state index contributed by atoms with van der Waals surface area (Å²) in [6, 6.07) is 0.491. The summed E-state index contributed by atoms with van der Waals surface area (Å²) in [7, 11) is 0. The molecule has 1 N–H and O–H groups in total. The van der Waals surface area contributed by atoms with Crippen molar-refractivity contribution < 1.29 is 0 Å². The maximum Gasteiger partial charge on any atom is 0.113 e. The van der Waals surface area contributed by atoms with Crippen molar-refractivity contribution in [1.82, 2.24) is 10.3 Å². The van der Waals surface area contributed by atoms with Crippen LogP contribution in [0.1, 0.15) is 76.9 Å². The van der Waals surface area contributed by atoms with Crippen LogP contribution in [0.25, 0.3) is 0 Å². The average Bonchev–Trinajstić information content (AvgIpc) is 2.75. The van der Waals surface area contributed by atoms with Gasteiger partial charge in [-0.15, -0.1) is 11.3 Å². The Balaban J connectivity index is 2.60. The Kier molecular flexibility index (Phi) is 7.01. The first-order valence-corrected chi connectivity index (χ1v) is 8.56. The van der Waals surface area contributed by atoms with Crippen LogP contribution < -0.4 is 5.32 Å². The van der Waals surface area contributed by atoms with Gasteiger partial charge in [0.2, 0.25) is 0 Å². The lowest BCUT2D eigenvalue weighted by Crippen LogP contribution is -2.43. The van der Waals surface area contributed by atoms with Gasteiger partial charge in [0.05, 0.1) is 5.54 Å². The van der Waals surface area contributed by atoms with Gasteiger partial charge in [-0.1, -0.05) is 39.0 Å². The minimum Gasteiger partial charge on any atom is -0.303 e. The molecular formula is C16H30N2S. The Morgan fingerprint density at radius 3 is 2.47 bits per heavy atom. The zero-order chi connectivity index (χ0) is 14.3. The minimum atomic E-state index is 0.0410. The second kappa shape index (κ2) is 8.01. The highest BCUT2D eigenvalue weighted by Crippen LogP contribution is 2.30. The van der Waals surface area contributed by atoms with Crippen molar-refractivity contribution >= 4 is 11.3 Å². The predicted molar refractivity (Wildman–Crippen MR) is 85.9 cm³/mol. The van der Waals surface area contributed by atoms with Crippen LogP contribution in [-0.2, 0) is 5.54 Å². The largest absolute Gasteiger partial charge is 0.303 e. The molecule has 1 aromatic heterocycles. The van der Waals surface area contributed by atoms with Gasteiger partial charge >= 0.3 is 0 Å². The van der Waals surface area contributed by atoms with Crippen LogP contribution in [0.4, 0.5) is 0 Å². The number of aryl methyl sites for hydroxylation is 1. The molecule has 1 unspecified atom stereocenters. The van der Waals surface area contributed by atoms with Crippen molar-refractivity contribution in [2.24, 2.45) is 0 Å². The van der Waals surface area contributed by atoms with Crippen LogP contribution in [0.15, 0.2) is 5.38 Å². The average molecular weight is 282 g/mol. The smallest absolute Gasteiger partial charge is 0.113 e. The Bertz CT molecular complexity index is 359. The summed E-state index contributed by atoms with van der Waals surface area (Å²) >= 11 is 1.79. The Labute approximate surface area is 123 Å². The summed E-state index contributed by atoms with van der Waals surface area (Å²) in [5.41, 5.74) is 1.18. The Hall–Kier alpha value is -0.410. The molecular weight excluding hydrogens is 252 g/mol. The minimum absolute atomic E-state index is 0.0410. The summed E-state index contributed by atoms with van der Waals surface area (Å²) in [5.74, 6) is 0. The summed E-state index contributed by atoms with van der Waals surface area (Å²) < 4.78 is 0. The number of nitrogens with zero attached hydrogens (tertiary/aromatic N) is 1. The molecule has 0 fully saturated rings. The number of hydrogen-bond acceptors (Lipinski definition) is 3. The first kappa shape index (κ1) is 16.6. The highest BCUT2D eigenvalue weighted by molar-refractivity contribution is 7.09. The second-order valence-electron chi connectivity index (χ2n) is 6.09. The van der Waals surface area contributed by atoms with E-state index in [0.717, 1.165) is 5.69 Å². The molecule has 0 aliphatic heterocycles. The predicted octanol–water partition coefficient (Wildman–Crippen LogP) is 5.03. The standard InChI is InChI=1S/C16H30N2S/c1-6-7-8-9-10-11-16(5,18-13(2)3)15-17-14(4)12-19-15/h12-13,18H,6-11H2,1-5H3. The van der Waals surface area contributed by atoms with E-state index in [9.17, 15) is 0 Å². The molecule has 0 aliphatic rings. The molecule has 0 saturated carbocycles. The van der Waals surface area contributed by atoms with Crippen molar-refractivity contribution in [2.75, 3.05) is 0 Å². The molecule has 0 amide bonds. The number of thiazole rings is 1. The van der Waals surface area contributed by atoms with E-state index in [0.29, 0.717) is 6.04 Å². The maximum atomic E-state index is 4.71. The molecule has 0 aromatic carbocycles. The Morgan fingerprint density at radius 1 is 1.26 bits per heavy atom. The van der Waals surface area contributed by atoms with Crippen molar-refractivity contribution in [2.45, 2.75) is 84.7 Å². The fraction of sp³-hybridized carbons (Fsp3) is 0.812. The lowest BCUT2D eigenvalue weighted by molar-refractivity contribution is 0.299. The second-order valence-corrected chi connectivity index (χ2v) is 6.95. The fourth-order valence-electron chi connectivity index (χ4n) is 2.57. The fourth-order valence-corrected chi connectivity index (χ4v) is 3.52. The third-order valence-corrected chi connectivity index (χ3v) is 4.70. The highest BCUT2D eigenvalue weighted by Gasteiger charge is 2.29. The summed E-state index contributed by atoms with van der Waals surface area (Å²) in [6.45, 7) is 11.1. The SMILES string of the molecule is CCCCCCCC(C)(NC(C)C)c1nc(C)cs1. The van der Waals surface area contributed by atoms with E-state index in [-0.39, 0.29) is 5.54 Å². The summed E-state index contributed by atoms with van der Waals surface area (Å²) in [6.07, 6.45) is 7.85. The number of nitrogens with one attached hydrogen (secondary N) is 1. The van der Waals surface area contributed by atoms with Crippen molar-refractivity contribution in [3.05, 3.63) is 16.1 Å². The summed E-state index contributed by atoms with van der Waals surface area (Å²) in [5, 5.41) is 7.13. The topological polar surface area (TPSA) is 24.9 Å². The van der Waals surface area contributed by atoms with E-state index in [1.54, 1.807) is 11.3 Å². The molecule has 0 radical (unpaired) electrons. The van der Waals surface area contributed by atoms with Gasteiger partial charge in [0.1, 0.15) is 5.01 Å². The van der Waals surface area contributed by atoms with Gasteiger partial charge in [0.25, 0.3) is 0 Å². The molecule has 1 rings (SSSR count). The molecule has 2 nitrogen and oxygen atoms in total. The first-order chi connectivity index (χ1) is 8.98. The number of hydrogen-bond donors (Lipinski definition) is 1. The lowest BCUT2D eigenvalue weighted by Gasteiger charge is -2.31. The van der Waals surface area contributed by atoms with Crippen LogP contribution in [0.2, 0.25) is 0 Å². The van der Waals surface area contributed by atoms with Crippen LogP contribution in [-0.4, -0.2) is 11.0 Å². The van der Waals surface area contributed by atoms with Gasteiger partial charge in [-0.3, -0.25) is 0 Å². The van der Waals surface area contributed by atoms with E-state index in [4.69, 9.17) is 4.98 Å². The van der Waals surface area contributed by atoms with Crippen LogP contribution in [0.3, 0.4) is 0 Å². The van der Waals surface area contributed by atoms with E-state index >= 15 is 0 Å². The molecule has 0 spiro atoms. The van der Waals surface area contributed by atoms with E-state index in [1.807, 2.05) is 0 Å². The zero-order valence-corrected chi connectivity index (χ0v) is 14.1. The lowest BCUT2D eigenvalue weighted by atomic mass is 9.93. The van der Waals surface area contributed by atoms with Crippen LogP contribution >= 0.6 is 11.3 Å². The van der Waals surface area contributed by atoms with Gasteiger partial charge in [-0.2, -0.15) is 0 Å². The van der Waals surface area contributed by atoms with Gasteiger partial charge in [0.15, 0.2) is 0 Å². The molecule has 0 aliphatic carbocycles. The monoisotopic (exact) mass is 282 g/mol. The third-order valence-electron chi connectivity index (χ3n) is 3.48. The van der Waals surface area contributed by atoms with Crippen molar-refractivity contribution in [3.63, 3.8) is 0 Å². The molecule has 0 saturated heterocycles. The maximum absolute atomic E-state index is 4.71. The third kappa shape index (κ3) is 5.62. The summed E-state index contributed by atoms with van der Waals surface area (Å²) in [4.78, 5) is 4.71. The number of unbranched alkanes of at least 4 members (excludes halogenated alkanes) is 4. The molecule has 1 atom stereocenters. The van der Waals surface area contributed by atoms with Crippen molar-refractivity contribution in [1.29, 1.82) is 0 Å². The first-order valence-electron chi connectivity index (χ1n) is 7.68. The van der Waals surface area contributed by atoms with Gasteiger partial charge < -0.3 is 5.32 Å². The number of rotatable bonds is 9. The normalized spacial score (nSPS) is 14.8. The molecule has 1 heterocycles. The van der Waals surface area contributed by atoms with Crippen LogP contribution in [0.5, 0.6) is 0 Å². The molecule has 0 bridgehead atoms. The molecule has 19 heavy (non-hydrogen) atoms. The quantitative estimate of drug-likeness (QED) is 0.643. The molecule has 1 aromatic rings. The van der Waals surface area contributed by atoms with E-state index < -0.39 is 0 Å². The number of aromatic nitrogens is 1. The van der Waals surface area contributed by atoms with E-state index in [1.165, 1.54) is 43.5 Å². The van der Waals surface area contributed by atoms with Gasteiger partial charge in [-0.25, -0.2) is 4.98 Å². The Morgan fingerprint density at radius 2 is 1.95 bits per heavy atom. The molecule has 110 valence electrons. The van der Waals surface area contributed by atoms with Gasteiger partial charge in [0, 0.05) is 17.1 Å². The zero-order valence-electron chi connectivity index (χ0n) is 13.3. The van der Waals surface area contributed by atoms with E-state index in [2.05, 4.69) is 45.3 Å². The van der Waals surface area contributed by atoms with Crippen molar-refractivity contribution in [3.8, 4) is 0 Å². The molecule has 3 heteroatoms.